The fourth-order valence-corrected chi connectivity index (χ4v) is 10.1. The Balaban J connectivity index is 3.74. The molecule has 0 heterocycles. The maximum absolute atomic E-state index is 11.0. The van der Waals surface area contributed by atoms with Crippen molar-refractivity contribution in [3.05, 3.63) is 0 Å². The Kier molecular flexibility index (Phi) is 18.6. The summed E-state index contributed by atoms with van der Waals surface area (Å²) in [4.78, 5) is 0. The summed E-state index contributed by atoms with van der Waals surface area (Å²) < 4.78 is 40.0. The van der Waals surface area contributed by atoms with Crippen LogP contribution in [0.2, 0.25) is 0 Å². The van der Waals surface area contributed by atoms with Crippen molar-refractivity contribution in [2.24, 2.45) is 23.7 Å². The highest BCUT2D eigenvalue weighted by Gasteiger charge is 2.18. The summed E-state index contributed by atoms with van der Waals surface area (Å²) in [6.45, 7) is 8.47. The van der Waals surface area contributed by atoms with Gasteiger partial charge in [0, 0.05) is 23.0 Å². The molecule has 4 nitrogen and oxygen atoms in total. The van der Waals surface area contributed by atoms with Gasteiger partial charge in [0.2, 0.25) is 0 Å². The molecular formula is C16H34O4S6. The summed E-state index contributed by atoms with van der Waals surface area (Å²) in [5, 5.41) is 0. The maximum Gasteiger partial charge on any atom is 0.153 e. The van der Waals surface area contributed by atoms with Crippen LogP contribution < -0.4 is 0 Å². The Hall–Kier alpha value is 1.62. The van der Waals surface area contributed by atoms with Gasteiger partial charge in [-0.25, -0.2) is 8.42 Å². The molecule has 0 aliphatic rings. The van der Waals surface area contributed by atoms with Crippen molar-refractivity contribution in [2.75, 3.05) is 34.5 Å². The van der Waals surface area contributed by atoms with Crippen LogP contribution in [-0.4, -0.2) is 52.0 Å². The molecule has 0 fully saturated rings. The molecule has 0 saturated carbocycles. The molecule has 0 radical (unpaired) electrons. The van der Waals surface area contributed by atoms with Crippen molar-refractivity contribution < 1.29 is 17.5 Å². The molecular weight excluding hydrogens is 449 g/mol. The van der Waals surface area contributed by atoms with Gasteiger partial charge in [0.15, 0.2) is 22.2 Å². The number of rotatable bonds is 17. The molecule has 0 amide bonds. The zero-order valence-corrected chi connectivity index (χ0v) is 21.0. The normalized spacial score (nSPS) is 18.8. The first-order valence-corrected chi connectivity index (χ1v) is 16.5. The van der Waals surface area contributed by atoms with E-state index in [4.69, 9.17) is 9.11 Å². The van der Waals surface area contributed by atoms with Crippen LogP contribution in [0.25, 0.3) is 0 Å². The van der Waals surface area contributed by atoms with E-state index >= 15 is 0 Å². The van der Waals surface area contributed by atoms with E-state index in [0.717, 1.165) is 35.9 Å². The highest BCUT2D eigenvalue weighted by atomic mass is 33.1. The van der Waals surface area contributed by atoms with E-state index in [9.17, 15) is 8.42 Å². The zero-order chi connectivity index (χ0) is 19.9. The number of hydrogen-bond donors (Lipinski definition) is 2. The van der Waals surface area contributed by atoms with Crippen molar-refractivity contribution >= 4 is 65.3 Å². The third-order valence-corrected chi connectivity index (χ3v) is 11.4. The quantitative estimate of drug-likeness (QED) is 0.159. The topological polar surface area (TPSA) is 74.6 Å². The maximum atomic E-state index is 11.0. The molecule has 0 aromatic carbocycles. The standard InChI is InChI=1S/C16H34O4S6/c1-5-15(14(4)11-25(17)18)10-24-22-8-7-21-23-9-13(3)16(6-2)12-26(19)20/h13-16H,5-12H2,1-4H3,(H,17,18)(H,19,20). The van der Waals surface area contributed by atoms with Crippen molar-refractivity contribution in [3.63, 3.8) is 0 Å². The van der Waals surface area contributed by atoms with E-state index in [0.29, 0.717) is 29.3 Å². The average molecular weight is 483 g/mol. The van der Waals surface area contributed by atoms with E-state index in [1.54, 1.807) is 0 Å². The molecule has 0 aromatic heterocycles. The minimum absolute atomic E-state index is 0.283. The Morgan fingerprint density at radius 3 is 1.69 bits per heavy atom. The molecule has 6 unspecified atom stereocenters. The second kappa shape index (κ2) is 17.5. The fraction of sp³-hybridized carbons (Fsp3) is 1.00. The van der Waals surface area contributed by atoms with Crippen LogP contribution >= 0.6 is 43.2 Å². The smallest absolute Gasteiger partial charge is 0.153 e. The van der Waals surface area contributed by atoms with E-state index in [-0.39, 0.29) is 5.92 Å². The van der Waals surface area contributed by atoms with Crippen LogP contribution in [0.15, 0.2) is 0 Å². The zero-order valence-electron chi connectivity index (χ0n) is 16.1. The van der Waals surface area contributed by atoms with Crippen LogP contribution in [0.5, 0.6) is 0 Å². The van der Waals surface area contributed by atoms with Gasteiger partial charge >= 0.3 is 0 Å². The third kappa shape index (κ3) is 14.6. The summed E-state index contributed by atoms with van der Waals surface area (Å²) in [7, 11) is 7.50. The summed E-state index contributed by atoms with van der Waals surface area (Å²) in [6.07, 6.45) is 2.00. The van der Waals surface area contributed by atoms with Crippen molar-refractivity contribution in [2.45, 2.75) is 40.5 Å². The minimum Gasteiger partial charge on any atom is -0.306 e. The minimum atomic E-state index is -1.70. The molecule has 26 heavy (non-hydrogen) atoms. The van der Waals surface area contributed by atoms with Crippen molar-refractivity contribution in [3.8, 4) is 0 Å². The second-order valence-electron chi connectivity index (χ2n) is 6.48. The highest BCUT2D eigenvalue weighted by molar-refractivity contribution is 8.78. The van der Waals surface area contributed by atoms with E-state index < -0.39 is 22.2 Å². The lowest BCUT2D eigenvalue weighted by atomic mass is 9.95. The van der Waals surface area contributed by atoms with Gasteiger partial charge in [-0.15, -0.1) is 0 Å². The summed E-state index contributed by atoms with van der Waals surface area (Å²) >= 11 is -3.39. The molecule has 158 valence electrons. The highest BCUT2D eigenvalue weighted by Crippen LogP contribution is 2.32. The van der Waals surface area contributed by atoms with Crippen LogP contribution in [0.1, 0.15) is 40.5 Å². The molecule has 0 saturated heterocycles. The van der Waals surface area contributed by atoms with Gasteiger partial charge in [-0.2, -0.15) is 0 Å². The summed E-state index contributed by atoms with van der Waals surface area (Å²) in [5.74, 6) is 6.54. The van der Waals surface area contributed by atoms with Gasteiger partial charge in [-0.05, 0) is 23.7 Å². The second-order valence-corrected chi connectivity index (χ2v) is 13.7. The van der Waals surface area contributed by atoms with Gasteiger partial charge < -0.3 is 9.11 Å². The van der Waals surface area contributed by atoms with Gasteiger partial charge in [-0.3, -0.25) is 0 Å². The predicted octanol–water partition coefficient (Wildman–Crippen LogP) is 5.52. The molecule has 0 aromatic rings. The molecule has 0 spiro atoms. The Labute approximate surface area is 180 Å². The molecule has 0 aliphatic heterocycles. The first-order valence-electron chi connectivity index (χ1n) is 8.95. The fourth-order valence-electron chi connectivity index (χ4n) is 2.53. The van der Waals surface area contributed by atoms with Crippen LogP contribution in [0, 0.1) is 23.7 Å². The van der Waals surface area contributed by atoms with Crippen LogP contribution in [-0.2, 0) is 22.2 Å². The lowest BCUT2D eigenvalue weighted by Crippen LogP contribution is -2.19. The lowest BCUT2D eigenvalue weighted by molar-refractivity contribution is 0.409. The van der Waals surface area contributed by atoms with Crippen LogP contribution in [0.3, 0.4) is 0 Å². The largest absolute Gasteiger partial charge is 0.306 e. The Morgan fingerprint density at radius 1 is 0.731 bits per heavy atom. The van der Waals surface area contributed by atoms with E-state index in [2.05, 4.69) is 27.7 Å². The van der Waals surface area contributed by atoms with Crippen molar-refractivity contribution in [1.29, 1.82) is 0 Å². The van der Waals surface area contributed by atoms with Gasteiger partial charge in [0.1, 0.15) is 0 Å². The first kappa shape index (κ1) is 27.6. The van der Waals surface area contributed by atoms with Crippen molar-refractivity contribution in [1.82, 2.24) is 0 Å². The summed E-state index contributed by atoms with van der Waals surface area (Å²) in [6, 6.07) is 0. The first-order chi connectivity index (χ1) is 12.3. The van der Waals surface area contributed by atoms with Crippen LogP contribution in [0.4, 0.5) is 0 Å². The Bertz CT molecular complexity index is 399. The molecule has 2 N–H and O–H groups in total. The average Bonchev–Trinajstić information content (AvgIpc) is 2.57. The van der Waals surface area contributed by atoms with Gasteiger partial charge in [-0.1, -0.05) is 83.7 Å². The molecule has 0 rings (SSSR count). The Morgan fingerprint density at radius 2 is 1.23 bits per heavy atom. The van der Waals surface area contributed by atoms with Gasteiger partial charge in [0.05, 0.1) is 11.5 Å². The van der Waals surface area contributed by atoms with E-state index in [1.807, 2.05) is 43.2 Å². The number of hydrogen-bond acceptors (Lipinski definition) is 6. The molecule has 10 heteroatoms. The lowest BCUT2D eigenvalue weighted by Gasteiger charge is -2.21. The summed E-state index contributed by atoms with van der Waals surface area (Å²) in [5.41, 5.74) is 0. The molecule has 0 aliphatic carbocycles. The van der Waals surface area contributed by atoms with Gasteiger partial charge in [0.25, 0.3) is 0 Å². The predicted molar refractivity (Wildman–Crippen MR) is 127 cm³/mol. The third-order valence-electron chi connectivity index (χ3n) is 4.45. The SMILES string of the molecule is CCC(CSSCCSSCC(C)C(CC)CS(=O)O)C(C)CS(=O)O. The molecule has 0 bridgehead atoms. The molecule has 6 atom stereocenters. The monoisotopic (exact) mass is 482 g/mol. The van der Waals surface area contributed by atoms with E-state index in [1.165, 1.54) is 0 Å².